The van der Waals surface area contributed by atoms with E-state index in [1.165, 1.54) is 29.0 Å². The molecule has 0 aliphatic carbocycles. The van der Waals surface area contributed by atoms with Gasteiger partial charge in [0, 0.05) is 23.1 Å². The van der Waals surface area contributed by atoms with Gasteiger partial charge in [0.1, 0.15) is 5.75 Å². The van der Waals surface area contributed by atoms with Crippen LogP contribution in [0.1, 0.15) is 18.1 Å². The number of aromatic nitrogens is 1. The fourth-order valence-electron chi connectivity index (χ4n) is 3.76. The molecule has 0 amide bonds. The van der Waals surface area contributed by atoms with Crippen LogP contribution < -0.4 is 19.0 Å². The molecule has 0 bridgehead atoms. The lowest BCUT2D eigenvalue weighted by Crippen LogP contribution is -2.15. The number of fused-ring (bicyclic) bond motifs is 1. The summed E-state index contributed by atoms with van der Waals surface area (Å²) < 4.78 is 42.3. The van der Waals surface area contributed by atoms with Crippen LogP contribution in [0.25, 0.3) is 11.3 Å². The number of halogens is 2. The van der Waals surface area contributed by atoms with Crippen molar-refractivity contribution in [3.05, 3.63) is 94.1 Å². The van der Waals surface area contributed by atoms with Gasteiger partial charge in [-0.2, -0.15) is 13.9 Å². The quantitative estimate of drug-likeness (QED) is 0.277. The van der Waals surface area contributed by atoms with E-state index in [-0.39, 0.29) is 12.5 Å². The molecule has 0 atom stereocenters. The smallest absolute Gasteiger partial charge is 0.387 e. The van der Waals surface area contributed by atoms with E-state index in [4.69, 9.17) is 19.6 Å². The summed E-state index contributed by atoms with van der Waals surface area (Å²) in [6.07, 6.45) is 0.804. The SMILES string of the molecule is CC(=Nn1c(-c2ccc(OC(F)F)cc2)csc1=NCCc1ccccc1)c1ccc2c(c1)OCO2. The van der Waals surface area contributed by atoms with Gasteiger partial charge >= 0.3 is 6.61 Å². The minimum atomic E-state index is -2.87. The van der Waals surface area contributed by atoms with Crippen molar-refractivity contribution in [1.29, 1.82) is 0 Å². The van der Waals surface area contributed by atoms with Gasteiger partial charge < -0.3 is 14.2 Å². The highest BCUT2D eigenvalue weighted by Crippen LogP contribution is 2.33. The van der Waals surface area contributed by atoms with Crippen LogP contribution in [-0.4, -0.2) is 30.3 Å². The van der Waals surface area contributed by atoms with Crippen molar-refractivity contribution in [2.75, 3.05) is 13.3 Å². The summed E-state index contributed by atoms with van der Waals surface area (Å²) in [6, 6.07) is 22.4. The number of thiazole rings is 1. The third-order valence-corrected chi connectivity index (χ3v) is 6.45. The second-order valence-electron chi connectivity index (χ2n) is 7.99. The largest absolute Gasteiger partial charge is 0.454 e. The molecular weight excluding hydrogens is 484 g/mol. The van der Waals surface area contributed by atoms with E-state index >= 15 is 0 Å². The molecule has 5 rings (SSSR count). The Kier molecular flexibility index (Phi) is 7.08. The number of hydrogen-bond donors (Lipinski definition) is 0. The van der Waals surface area contributed by atoms with Gasteiger partial charge in [-0.25, -0.2) is 4.68 Å². The molecule has 1 aromatic heterocycles. The molecule has 36 heavy (non-hydrogen) atoms. The average Bonchev–Trinajstić information content (AvgIpc) is 3.51. The predicted octanol–water partition coefficient (Wildman–Crippen LogP) is 5.96. The Morgan fingerprint density at radius 3 is 2.58 bits per heavy atom. The van der Waals surface area contributed by atoms with Crippen LogP contribution in [0.4, 0.5) is 8.78 Å². The van der Waals surface area contributed by atoms with E-state index in [0.29, 0.717) is 18.0 Å². The lowest BCUT2D eigenvalue weighted by atomic mass is 10.1. The van der Waals surface area contributed by atoms with Crippen molar-refractivity contribution in [2.24, 2.45) is 10.1 Å². The fourth-order valence-corrected chi connectivity index (χ4v) is 4.62. The normalized spacial score (nSPS) is 13.4. The maximum atomic E-state index is 12.6. The molecule has 0 N–H and O–H groups in total. The van der Waals surface area contributed by atoms with Crippen LogP contribution in [0.2, 0.25) is 0 Å². The second kappa shape index (κ2) is 10.7. The monoisotopic (exact) mass is 507 g/mol. The van der Waals surface area contributed by atoms with Crippen LogP contribution in [0.15, 0.2) is 88.3 Å². The Morgan fingerprint density at radius 1 is 1.03 bits per heavy atom. The van der Waals surface area contributed by atoms with Crippen LogP contribution in [-0.2, 0) is 6.42 Å². The van der Waals surface area contributed by atoms with Gasteiger partial charge in [-0.05, 0) is 61.4 Å². The van der Waals surface area contributed by atoms with Gasteiger partial charge in [-0.1, -0.05) is 30.3 Å². The molecule has 0 saturated carbocycles. The Labute approximate surface area is 210 Å². The van der Waals surface area contributed by atoms with Crippen molar-refractivity contribution < 1.29 is 23.0 Å². The van der Waals surface area contributed by atoms with Gasteiger partial charge in [-0.15, -0.1) is 11.3 Å². The zero-order valence-corrected chi connectivity index (χ0v) is 20.3. The molecule has 1 aliphatic heterocycles. The maximum Gasteiger partial charge on any atom is 0.387 e. The maximum absolute atomic E-state index is 12.6. The van der Waals surface area contributed by atoms with Gasteiger partial charge in [0.25, 0.3) is 0 Å². The molecule has 9 heteroatoms. The molecule has 1 aliphatic rings. The molecule has 0 saturated heterocycles. The zero-order chi connectivity index (χ0) is 24.9. The number of hydrogen-bond acceptors (Lipinski definition) is 6. The minimum absolute atomic E-state index is 0.100. The first kappa shape index (κ1) is 23.7. The highest BCUT2D eigenvalue weighted by Gasteiger charge is 2.15. The average molecular weight is 508 g/mol. The molecule has 0 unspecified atom stereocenters. The first-order chi connectivity index (χ1) is 17.6. The lowest BCUT2D eigenvalue weighted by Gasteiger charge is -2.08. The topological polar surface area (TPSA) is 57.3 Å². The van der Waals surface area contributed by atoms with Crippen LogP contribution >= 0.6 is 11.3 Å². The minimum Gasteiger partial charge on any atom is -0.454 e. The molecule has 3 aromatic carbocycles. The van der Waals surface area contributed by atoms with E-state index in [9.17, 15) is 8.78 Å². The Balaban J connectivity index is 1.50. The van der Waals surface area contributed by atoms with Crippen LogP contribution in [0.3, 0.4) is 0 Å². The van der Waals surface area contributed by atoms with Gasteiger partial charge in [0.15, 0.2) is 11.5 Å². The number of benzene rings is 3. The fraction of sp³-hybridized carbons (Fsp3) is 0.185. The highest BCUT2D eigenvalue weighted by molar-refractivity contribution is 7.07. The van der Waals surface area contributed by atoms with E-state index in [1.807, 2.05) is 48.7 Å². The second-order valence-corrected chi connectivity index (χ2v) is 8.83. The van der Waals surface area contributed by atoms with E-state index < -0.39 is 6.61 Å². The molecule has 0 radical (unpaired) electrons. The first-order valence-electron chi connectivity index (χ1n) is 11.3. The highest BCUT2D eigenvalue weighted by atomic mass is 32.1. The first-order valence-corrected chi connectivity index (χ1v) is 12.2. The number of ether oxygens (including phenoxy) is 3. The summed E-state index contributed by atoms with van der Waals surface area (Å²) >= 11 is 1.47. The summed E-state index contributed by atoms with van der Waals surface area (Å²) in [5.74, 6) is 1.49. The molecule has 4 aromatic rings. The number of nitrogens with zero attached hydrogens (tertiary/aromatic N) is 3. The molecular formula is C27H23F2N3O3S. The molecule has 6 nitrogen and oxygen atoms in total. The van der Waals surface area contributed by atoms with Crippen LogP contribution in [0, 0.1) is 0 Å². The van der Waals surface area contributed by atoms with Crippen molar-refractivity contribution in [1.82, 2.24) is 4.68 Å². The van der Waals surface area contributed by atoms with Gasteiger partial charge in [0.2, 0.25) is 11.6 Å². The van der Waals surface area contributed by atoms with E-state index in [1.54, 1.807) is 16.8 Å². The van der Waals surface area contributed by atoms with E-state index in [2.05, 4.69) is 16.9 Å². The van der Waals surface area contributed by atoms with Crippen molar-refractivity contribution in [2.45, 2.75) is 20.0 Å². The van der Waals surface area contributed by atoms with Crippen molar-refractivity contribution in [3.63, 3.8) is 0 Å². The zero-order valence-electron chi connectivity index (χ0n) is 19.4. The molecule has 0 spiro atoms. The van der Waals surface area contributed by atoms with Crippen molar-refractivity contribution >= 4 is 17.0 Å². The number of rotatable bonds is 8. The predicted molar refractivity (Wildman–Crippen MR) is 135 cm³/mol. The lowest BCUT2D eigenvalue weighted by molar-refractivity contribution is -0.0498. The Morgan fingerprint density at radius 2 is 1.81 bits per heavy atom. The molecule has 184 valence electrons. The number of alkyl halides is 2. The van der Waals surface area contributed by atoms with E-state index in [0.717, 1.165) is 33.8 Å². The Hall–Kier alpha value is -3.98. The van der Waals surface area contributed by atoms with Crippen LogP contribution in [0.5, 0.6) is 17.2 Å². The molecule has 0 fully saturated rings. The summed E-state index contributed by atoms with van der Waals surface area (Å²) in [5, 5.41) is 6.85. The van der Waals surface area contributed by atoms with Crippen molar-refractivity contribution in [3.8, 4) is 28.5 Å². The third kappa shape index (κ3) is 5.46. The van der Waals surface area contributed by atoms with Gasteiger partial charge in [-0.3, -0.25) is 4.99 Å². The molecule has 2 heterocycles. The Bertz CT molecular complexity index is 1430. The summed E-state index contributed by atoms with van der Waals surface area (Å²) in [5.41, 5.74) is 4.45. The van der Waals surface area contributed by atoms with Gasteiger partial charge in [0.05, 0.1) is 11.4 Å². The summed E-state index contributed by atoms with van der Waals surface area (Å²) in [4.78, 5) is 5.55. The third-order valence-electron chi connectivity index (χ3n) is 5.59. The summed E-state index contributed by atoms with van der Waals surface area (Å²) in [7, 11) is 0. The standard InChI is InChI=1S/C27H23F2N3O3S/c1-18(21-9-12-24-25(15-21)34-17-33-24)31-32-23(20-7-10-22(11-8-20)35-26(28)29)16-36-27(32)30-14-13-19-5-3-2-4-6-19/h2-12,15-16,26H,13-14,17H2,1H3. The summed E-state index contributed by atoms with van der Waals surface area (Å²) in [6.45, 7) is -0.150.